The molecule has 0 unspecified atom stereocenters. The summed E-state index contributed by atoms with van der Waals surface area (Å²) in [5.74, 6) is 0.374. The van der Waals surface area contributed by atoms with E-state index >= 15 is 0 Å². The maximum absolute atomic E-state index is 12.7. The van der Waals surface area contributed by atoms with Crippen molar-refractivity contribution in [2.45, 2.75) is 78.1 Å². The van der Waals surface area contributed by atoms with Gasteiger partial charge in [-0.05, 0) is 54.5 Å². The van der Waals surface area contributed by atoms with E-state index in [-0.39, 0.29) is 29.8 Å². The van der Waals surface area contributed by atoms with E-state index in [0.29, 0.717) is 36.6 Å². The maximum atomic E-state index is 12.7. The lowest BCUT2D eigenvalue weighted by Crippen LogP contribution is -2.39. The van der Waals surface area contributed by atoms with E-state index in [9.17, 15) is 22.7 Å². The van der Waals surface area contributed by atoms with Gasteiger partial charge in [0.15, 0.2) is 6.61 Å². The monoisotopic (exact) mass is 514 g/mol. The molecule has 200 valence electrons. The van der Waals surface area contributed by atoms with Gasteiger partial charge in [0.05, 0.1) is 18.8 Å². The van der Waals surface area contributed by atoms with Crippen molar-refractivity contribution in [1.29, 1.82) is 0 Å². The smallest absolute Gasteiger partial charge is 0.422 e. The van der Waals surface area contributed by atoms with Crippen molar-refractivity contribution in [3.05, 3.63) is 29.3 Å². The molecule has 1 fully saturated rings. The summed E-state index contributed by atoms with van der Waals surface area (Å²) in [5, 5.41) is 21.3. The predicted octanol–water partition coefficient (Wildman–Crippen LogP) is 6.38. The number of fused-ring (bicyclic) bond motifs is 1. The van der Waals surface area contributed by atoms with Crippen LogP contribution in [0.25, 0.3) is 22.5 Å². The van der Waals surface area contributed by atoms with Gasteiger partial charge in [-0.15, -0.1) is 5.10 Å². The molecule has 0 saturated heterocycles. The van der Waals surface area contributed by atoms with Gasteiger partial charge in [-0.25, -0.2) is 4.98 Å². The van der Waals surface area contributed by atoms with Crippen molar-refractivity contribution in [2.75, 3.05) is 19.1 Å². The third-order valence-electron chi connectivity index (χ3n) is 5.39. The number of benzene rings is 1. The summed E-state index contributed by atoms with van der Waals surface area (Å²) in [6, 6.07) is 5.28. The van der Waals surface area contributed by atoms with Crippen LogP contribution in [0.4, 0.5) is 23.6 Å². The molecule has 0 bridgehead atoms. The van der Waals surface area contributed by atoms with E-state index < -0.39 is 18.2 Å². The van der Waals surface area contributed by atoms with Gasteiger partial charge in [0.2, 0.25) is 0 Å². The van der Waals surface area contributed by atoms with Crippen molar-refractivity contribution in [2.24, 2.45) is 0 Å². The number of aliphatic hydroxyl groups excluding tert-OH is 1. The largest absolute Gasteiger partial charge is 0.484 e. The Labute approximate surface area is 208 Å². The third-order valence-corrected chi connectivity index (χ3v) is 5.39. The highest BCUT2D eigenvalue weighted by atomic mass is 19.4. The van der Waals surface area contributed by atoms with E-state index in [1.54, 1.807) is 18.2 Å². The van der Waals surface area contributed by atoms with E-state index in [4.69, 9.17) is 14.1 Å². The Bertz CT molecular complexity index is 1140. The number of alkyl halides is 4. The molecule has 36 heavy (non-hydrogen) atoms. The molecule has 1 aliphatic rings. The average molecular weight is 515 g/mol. The first-order valence-electron chi connectivity index (χ1n) is 11.7. The molecule has 2 aromatic heterocycles. The van der Waals surface area contributed by atoms with Gasteiger partial charge in [-0.1, -0.05) is 39.7 Å². The van der Waals surface area contributed by atoms with Gasteiger partial charge < -0.3 is 19.6 Å². The van der Waals surface area contributed by atoms with E-state index in [2.05, 4.69) is 15.5 Å². The maximum Gasteiger partial charge on any atom is 0.422 e. The Morgan fingerprint density at radius 3 is 2.28 bits per heavy atom. The molecule has 11 heteroatoms. The number of nitrogens with one attached hydrogen (secondary N) is 1. The first-order valence-corrected chi connectivity index (χ1v) is 11.7. The zero-order valence-electron chi connectivity index (χ0n) is 21.6. The molecular weight excluding hydrogens is 480 g/mol. The van der Waals surface area contributed by atoms with Crippen LogP contribution in [0.15, 0.2) is 22.6 Å². The number of rotatable bonds is 5. The highest BCUT2D eigenvalue weighted by Crippen LogP contribution is 2.36. The lowest BCUT2D eigenvalue weighted by molar-refractivity contribution is -0.153. The third kappa shape index (κ3) is 7.28. The Hall–Kier alpha value is -2.95. The molecule has 0 aliphatic heterocycles. The number of halogens is 4. The van der Waals surface area contributed by atoms with Crippen LogP contribution in [-0.2, 0) is 5.41 Å². The Morgan fingerprint density at radius 1 is 1.08 bits per heavy atom. The summed E-state index contributed by atoms with van der Waals surface area (Å²) in [4.78, 5) is 4.72. The molecule has 1 saturated carbocycles. The number of hydrogen-bond donors (Lipinski definition) is 2. The van der Waals surface area contributed by atoms with E-state index in [0.717, 1.165) is 11.1 Å². The van der Waals surface area contributed by atoms with Gasteiger partial charge in [0, 0.05) is 11.4 Å². The molecule has 1 aromatic carbocycles. The summed E-state index contributed by atoms with van der Waals surface area (Å²) >= 11 is 0. The fourth-order valence-electron chi connectivity index (χ4n) is 3.66. The lowest BCUT2D eigenvalue weighted by atomic mass is 9.84. The molecule has 3 aromatic rings. The van der Waals surface area contributed by atoms with Crippen LogP contribution in [0.1, 0.15) is 58.6 Å². The predicted molar refractivity (Wildman–Crippen MR) is 131 cm³/mol. The number of pyridine rings is 1. The Balaban J connectivity index is 0.00000109. The van der Waals surface area contributed by atoms with Crippen LogP contribution < -0.4 is 10.1 Å². The minimum Gasteiger partial charge on any atom is -0.484 e. The quantitative estimate of drug-likeness (QED) is 0.382. The van der Waals surface area contributed by atoms with Gasteiger partial charge in [0.25, 0.3) is 5.89 Å². The number of aliphatic hydroxyl groups is 1. The van der Waals surface area contributed by atoms with Crippen LogP contribution in [0.5, 0.6) is 5.75 Å². The van der Waals surface area contributed by atoms with Crippen molar-refractivity contribution < 1.29 is 31.8 Å². The number of hydrogen-bond acceptors (Lipinski definition) is 7. The Morgan fingerprint density at radius 2 is 1.72 bits per heavy atom. The lowest BCUT2D eigenvalue weighted by Gasteiger charge is -2.30. The van der Waals surface area contributed by atoms with E-state index in [1.807, 2.05) is 41.5 Å². The van der Waals surface area contributed by atoms with Gasteiger partial charge in [-0.3, -0.25) is 4.39 Å². The molecule has 0 spiro atoms. The molecule has 1 aliphatic carbocycles. The average Bonchev–Trinajstić information content (AvgIpc) is 3.26. The number of ether oxygens (including phenoxy) is 1. The van der Waals surface area contributed by atoms with Gasteiger partial charge in [0.1, 0.15) is 11.4 Å². The summed E-state index contributed by atoms with van der Waals surface area (Å²) < 4.78 is 58.2. The second-order valence-corrected chi connectivity index (χ2v) is 9.22. The second-order valence-electron chi connectivity index (χ2n) is 9.22. The molecule has 7 nitrogen and oxygen atoms in total. The zero-order chi connectivity index (χ0) is 27.3. The van der Waals surface area contributed by atoms with Crippen molar-refractivity contribution >= 4 is 16.9 Å². The summed E-state index contributed by atoms with van der Waals surface area (Å²) in [5.41, 5.74) is 2.25. The van der Waals surface area contributed by atoms with Crippen molar-refractivity contribution in [1.82, 2.24) is 15.2 Å². The minimum absolute atomic E-state index is 0.0900. The van der Waals surface area contributed by atoms with Crippen LogP contribution in [0.2, 0.25) is 0 Å². The first-order chi connectivity index (χ1) is 16.9. The first kappa shape index (κ1) is 29.3. The highest BCUT2D eigenvalue weighted by molar-refractivity contribution is 5.89. The number of aromatic nitrogens is 3. The van der Waals surface area contributed by atoms with Crippen LogP contribution >= 0.6 is 0 Å². The zero-order valence-corrected chi connectivity index (χ0v) is 21.6. The van der Waals surface area contributed by atoms with Crippen LogP contribution in [0, 0.1) is 6.92 Å². The SMILES string of the molecule is CC.CF.Cc1cc(-c2nnc(NC3CC(O)C3)o2)nc2c(C(C)(C)C)cc(OCC(F)(F)F)cc12. The standard InChI is InChI=1S/C22H25F3N4O3.C2H6.CH3F/c1-11-5-17(19-28-29-20(32-19)26-12-6-13(30)7-12)27-18-15(11)8-14(31-10-22(23,24)25)9-16(18)21(2,3)4;2*1-2/h5,8-9,12-13,30H,6-7,10H2,1-4H3,(H,26,29);1-2H3;1H3. The van der Waals surface area contributed by atoms with Crippen LogP contribution in [-0.4, -0.2) is 52.4 Å². The summed E-state index contributed by atoms with van der Waals surface area (Å²) in [6.45, 7) is 10.4. The van der Waals surface area contributed by atoms with Crippen molar-refractivity contribution in [3.63, 3.8) is 0 Å². The summed E-state index contributed by atoms with van der Waals surface area (Å²) in [6.07, 6.45) is -3.48. The number of aryl methyl sites for hydroxylation is 1. The molecule has 2 N–H and O–H groups in total. The summed E-state index contributed by atoms with van der Waals surface area (Å²) in [7, 11) is 0.500. The molecular formula is C25H34F4N4O3. The Kier molecular flexibility index (Phi) is 9.64. The number of nitrogens with zero attached hydrogens (tertiary/aromatic N) is 3. The van der Waals surface area contributed by atoms with Gasteiger partial charge >= 0.3 is 12.2 Å². The fourth-order valence-corrected chi connectivity index (χ4v) is 3.66. The molecule has 0 atom stereocenters. The molecule has 2 heterocycles. The molecule has 0 radical (unpaired) electrons. The minimum atomic E-state index is -4.42. The fraction of sp³-hybridized carbons (Fsp3) is 0.560. The second kappa shape index (κ2) is 11.9. The van der Waals surface area contributed by atoms with E-state index in [1.165, 1.54) is 0 Å². The number of anilines is 1. The topological polar surface area (TPSA) is 93.3 Å². The van der Waals surface area contributed by atoms with Crippen LogP contribution in [0.3, 0.4) is 0 Å². The van der Waals surface area contributed by atoms with Crippen molar-refractivity contribution in [3.8, 4) is 17.3 Å². The molecule has 0 amide bonds. The highest BCUT2D eigenvalue weighted by Gasteiger charge is 2.30. The van der Waals surface area contributed by atoms with Gasteiger partial charge in [-0.2, -0.15) is 13.2 Å². The molecule has 4 rings (SSSR count). The normalized spacial score (nSPS) is 17.3.